The van der Waals surface area contributed by atoms with E-state index in [-0.39, 0.29) is 23.5 Å². The lowest BCUT2D eigenvalue weighted by molar-refractivity contribution is -0.134. The SMILES string of the molecule is CO[C@@H]1[C@H](COCc2ccccc2)[C@H](O)CCC1(C)C. The molecule has 3 atom stereocenters. The van der Waals surface area contributed by atoms with E-state index in [1.165, 1.54) is 0 Å². The van der Waals surface area contributed by atoms with E-state index in [9.17, 15) is 5.11 Å². The van der Waals surface area contributed by atoms with Crippen molar-refractivity contribution in [3.05, 3.63) is 35.9 Å². The lowest BCUT2D eigenvalue weighted by atomic mass is 9.68. The van der Waals surface area contributed by atoms with Gasteiger partial charge in [0.1, 0.15) is 0 Å². The predicted octanol–water partition coefficient (Wildman–Crippen LogP) is 3.02. The first-order valence-electron chi connectivity index (χ1n) is 7.37. The van der Waals surface area contributed by atoms with Crippen molar-refractivity contribution in [3.8, 4) is 0 Å². The normalized spacial score (nSPS) is 29.3. The maximum atomic E-state index is 10.2. The van der Waals surface area contributed by atoms with Gasteiger partial charge in [0.15, 0.2) is 0 Å². The molecule has 0 bridgehead atoms. The van der Waals surface area contributed by atoms with Crippen LogP contribution in [0.1, 0.15) is 32.3 Å². The van der Waals surface area contributed by atoms with Crippen LogP contribution in [0.25, 0.3) is 0 Å². The molecule has 3 heteroatoms. The average molecular weight is 278 g/mol. The van der Waals surface area contributed by atoms with Crippen molar-refractivity contribution in [2.75, 3.05) is 13.7 Å². The highest BCUT2D eigenvalue weighted by Crippen LogP contribution is 2.41. The van der Waals surface area contributed by atoms with Crippen LogP contribution in [0.3, 0.4) is 0 Å². The Balaban J connectivity index is 1.92. The largest absolute Gasteiger partial charge is 0.393 e. The molecule has 1 saturated carbocycles. The molecule has 1 N–H and O–H groups in total. The third-order valence-electron chi connectivity index (χ3n) is 4.41. The molecule has 1 aromatic rings. The number of hydrogen-bond donors (Lipinski definition) is 1. The summed E-state index contributed by atoms with van der Waals surface area (Å²) in [4.78, 5) is 0. The van der Waals surface area contributed by atoms with Crippen molar-refractivity contribution in [3.63, 3.8) is 0 Å². The molecule has 0 aromatic heterocycles. The summed E-state index contributed by atoms with van der Waals surface area (Å²) in [5.41, 5.74) is 1.25. The monoisotopic (exact) mass is 278 g/mol. The number of methoxy groups -OCH3 is 1. The Hall–Kier alpha value is -0.900. The van der Waals surface area contributed by atoms with Crippen molar-refractivity contribution in [1.29, 1.82) is 0 Å². The molecule has 1 aromatic carbocycles. The van der Waals surface area contributed by atoms with Crippen LogP contribution in [0.5, 0.6) is 0 Å². The molecular weight excluding hydrogens is 252 g/mol. The number of aliphatic hydroxyl groups is 1. The van der Waals surface area contributed by atoms with Gasteiger partial charge < -0.3 is 14.6 Å². The minimum Gasteiger partial charge on any atom is -0.393 e. The number of hydrogen-bond acceptors (Lipinski definition) is 3. The molecule has 3 nitrogen and oxygen atoms in total. The van der Waals surface area contributed by atoms with Gasteiger partial charge in [-0.1, -0.05) is 44.2 Å². The minimum atomic E-state index is -0.330. The first kappa shape index (κ1) is 15.5. The summed E-state index contributed by atoms with van der Waals surface area (Å²) >= 11 is 0. The minimum absolute atomic E-state index is 0.0435. The third-order valence-corrected chi connectivity index (χ3v) is 4.41. The molecule has 112 valence electrons. The van der Waals surface area contributed by atoms with Crippen molar-refractivity contribution < 1.29 is 14.6 Å². The first-order valence-corrected chi connectivity index (χ1v) is 7.37. The van der Waals surface area contributed by atoms with Crippen LogP contribution in [-0.4, -0.2) is 31.0 Å². The summed E-state index contributed by atoms with van der Waals surface area (Å²) in [7, 11) is 1.73. The van der Waals surface area contributed by atoms with Crippen LogP contribution in [0, 0.1) is 11.3 Å². The molecule has 0 aliphatic heterocycles. The van der Waals surface area contributed by atoms with Gasteiger partial charge in [-0.05, 0) is 23.8 Å². The molecule has 0 heterocycles. The van der Waals surface area contributed by atoms with Crippen LogP contribution in [0.4, 0.5) is 0 Å². The first-order chi connectivity index (χ1) is 9.54. The summed E-state index contributed by atoms with van der Waals surface area (Å²) in [6.07, 6.45) is 1.53. The van der Waals surface area contributed by atoms with Gasteiger partial charge in [0, 0.05) is 13.0 Å². The van der Waals surface area contributed by atoms with Crippen molar-refractivity contribution in [2.45, 2.75) is 45.5 Å². The Bertz CT molecular complexity index is 402. The van der Waals surface area contributed by atoms with Crippen molar-refractivity contribution in [2.24, 2.45) is 11.3 Å². The van der Waals surface area contributed by atoms with Crippen LogP contribution >= 0.6 is 0 Å². The molecule has 0 unspecified atom stereocenters. The van der Waals surface area contributed by atoms with E-state index in [1.807, 2.05) is 18.2 Å². The van der Waals surface area contributed by atoms with Crippen LogP contribution in [-0.2, 0) is 16.1 Å². The topological polar surface area (TPSA) is 38.7 Å². The molecule has 1 aliphatic rings. The highest BCUT2D eigenvalue weighted by atomic mass is 16.5. The maximum absolute atomic E-state index is 10.2. The van der Waals surface area contributed by atoms with E-state index in [2.05, 4.69) is 26.0 Å². The molecule has 20 heavy (non-hydrogen) atoms. The van der Waals surface area contributed by atoms with E-state index in [4.69, 9.17) is 9.47 Å². The summed E-state index contributed by atoms with van der Waals surface area (Å²) in [6, 6.07) is 10.1. The van der Waals surface area contributed by atoms with Gasteiger partial charge in [0.2, 0.25) is 0 Å². The zero-order valence-electron chi connectivity index (χ0n) is 12.7. The van der Waals surface area contributed by atoms with E-state index in [0.29, 0.717) is 13.2 Å². The average Bonchev–Trinajstić information content (AvgIpc) is 2.44. The summed E-state index contributed by atoms with van der Waals surface area (Å²) in [6.45, 7) is 5.54. The fourth-order valence-electron chi connectivity index (χ4n) is 3.24. The number of ether oxygens (including phenoxy) is 2. The van der Waals surface area contributed by atoms with Gasteiger partial charge >= 0.3 is 0 Å². The number of aliphatic hydroxyl groups excluding tert-OH is 1. The number of rotatable bonds is 5. The maximum Gasteiger partial charge on any atom is 0.0717 e. The second-order valence-electron chi connectivity index (χ2n) is 6.42. The molecule has 0 radical (unpaired) electrons. The highest BCUT2D eigenvalue weighted by Gasteiger charge is 2.43. The van der Waals surface area contributed by atoms with E-state index in [1.54, 1.807) is 7.11 Å². The van der Waals surface area contributed by atoms with E-state index in [0.717, 1.165) is 18.4 Å². The standard InChI is InChI=1S/C17H26O3/c1-17(2)10-9-15(18)14(16(17)19-3)12-20-11-13-7-5-4-6-8-13/h4-8,14-16,18H,9-12H2,1-3H3/t14-,15-,16-/m1/s1. The van der Waals surface area contributed by atoms with Crippen molar-refractivity contribution >= 4 is 0 Å². The Morgan fingerprint density at radius 3 is 2.60 bits per heavy atom. The molecule has 1 fully saturated rings. The molecule has 1 aliphatic carbocycles. The van der Waals surface area contributed by atoms with E-state index < -0.39 is 0 Å². The Morgan fingerprint density at radius 2 is 1.95 bits per heavy atom. The predicted molar refractivity (Wildman–Crippen MR) is 79.4 cm³/mol. The Kier molecular flexibility index (Phi) is 5.19. The van der Waals surface area contributed by atoms with Crippen LogP contribution in [0.15, 0.2) is 30.3 Å². The lowest BCUT2D eigenvalue weighted by Crippen LogP contribution is -2.49. The van der Waals surface area contributed by atoms with Crippen LogP contribution < -0.4 is 0 Å². The highest BCUT2D eigenvalue weighted by molar-refractivity contribution is 5.13. The Labute approximate surface area is 121 Å². The molecule has 0 saturated heterocycles. The van der Waals surface area contributed by atoms with Crippen LogP contribution in [0.2, 0.25) is 0 Å². The van der Waals surface area contributed by atoms with Crippen molar-refractivity contribution in [1.82, 2.24) is 0 Å². The zero-order chi connectivity index (χ0) is 14.6. The molecule has 0 spiro atoms. The number of benzene rings is 1. The summed E-state index contributed by atoms with van der Waals surface area (Å²) in [5.74, 6) is 0.0486. The molecule has 0 amide bonds. The Morgan fingerprint density at radius 1 is 1.25 bits per heavy atom. The van der Waals surface area contributed by atoms with Gasteiger partial charge in [-0.15, -0.1) is 0 Å². The zero-order valence-corrected chi connectivity index (χ0v) is 12.7. The lowest BCUT2D eigenvalue weighted by Gasteiger charge is -2.45. The smallest absolute Gasteiger partial charge is 0.0717 e. The second kappa shape index (κ2) is 6.70. The van der Waals surface area contributed by atoms with E-state index >= 15 is 0 Å². The second-order valence-corrected chi connectivity index (χ2v) is 6.42. The van der Waals surface area contributed by atoms with Gasteiger partial charge in [0.05, 0.1) is 25.4 Å². The summed E-state index contributed by atoms with van der Waals surface area (Å²) < 4.78 is 11.5. The van der Waals surface area contributed by atoms with Gasteiger partial charge in [-0.3, -0.25) is 0 Å². The third kappa shape index (κ3) is 3.60. The van der Waals surface area contributed by atoms with Gasteiger partial charge in [-0.25, -0.2) is 0 Å². The quantitative estimate of drug-likeness (QED) is 0.900. The fraction of sp³-hybridized carbons (Fsp3) is 0.647. The summed E-state index contributed by atoms with van der Waals surface area (Å²) in [5, 5.41) is 10.2. The van der Waals surface area contributed by atoms with Gasteiger partial charge in [-0.2, -0.15) is 0 Å². The molecular formula is C17H26O3. The fourth-order valence-corrected chi connectivity index (χ4v) is 3.24. The molecule has 2 rings (SSSR count). The van der Waals surface area contributed by atoms with Gasteiger partial charge in [0.25, 0.3) is 0 Å².